The van der Waals surface area contributed by atoms with E-state index in [1.54, 1.807) is 43.5 Å². The average molecular weight is 408 g/mol. The molecule has 1 aliphatic rings. The predicted molar refractivity (Wildman–Crippen MR) is 110 cm³/mol. The first-order chi connectivity index (χ1) is 13.9. The Balaban J connectivity index is 1.94. The lowest BCUT2D eigenvalue weighted by Crippen LogP contribution is -2.17. The molecule has 0 aliphatic heterocycles. The van der Waals surface area contributed by atoms with Gasteiger partial charge >= 0.3 is 10.1 Å². The molecule has 148 valence electrons. The number of oxime groups is 1. The Kier molecular flexibility index (Phi) is 6.15. The number of nitrogens with zero attached hydrogens (tertiary/aromatic N) is 2. The van der Waals surface area contributed by atoms with Gasteiger partial charge in [0.05, 0.1) is 31.2 Å². The Morgan fingerprint density at radius 2 is 1.79 bits per heavy atom. The summed E-state index contributed by atoms with van der Waals surface area (Å²) in [7, 11) is -2.47. The third-order valence-corrected chi connectivity index (χ3v) is 5.65. The van der Waals surface area contributed by atoms with Gasteiger partial charge in [0.2, 0.25) is 0 Å². The summed E-state index contributed by atoms with van der Waals surface area (Å²) in [5, 5.41) is 13.1. The van der Waals surface area contributed by atoms with Gasteiger partial charge < -0.3 is 4.74 Å². The van der Waals surface area contributed by atoms with E-state index in [0.717, 1.165) is 16.7 Å². The fourth-order valence-electron chi connectivity index (χ4n) is 3.01. The highest BCUT2D eigenvalue weighted by molar-refractivity contribution is 7.86. The van der Waals surface area contributed by atoms with Crippen LogP contribution in [0.3, 0.4) is 0 Å². The molecule has 0 N–H and O–H groups in total. The molecule has 0 radical (unpaired) electrons. The van der Waals surface area contributed by atoms with Gasteiger partial charge in [0.15, 0.2) is 0 Å². The number of benzene rings is 2. The number of hydrogen-bond donors (Lipinski definition) is 0. The summed E-state index contributed by atoms with van der Waals surface area (Å²) in [4.78, 5) is 0.0287. The molecule has 0 spiro atoms. The molecule has 3 rings (SSSR count). The largest absolute Gasteiger partial charge is 0.497 e. The van der Waals surface area contributed by atoms with Crippen molar-refractivity contribution in [3.8, 4) is 11.8 Å². The topological polar surface area (TPSA) is 88.8 Å². The van der Waals surface area contributed by atoms with Crippen molar-refractivity contribution in [2.75, 3.05) is 7.11 Å². The van der Waals surface area contributed by atoms with Crippen LogP contribution in [0.5, 0.6) is 5.75 Å². The second-order valence-electron chi connectivity index (χ2n) is 6.50. The van der Waals surface area contributed by atoms with E-state index < -0.39 is 16.0 Å². The highest BCUT2D eigenvalue weighted by Crippen LogP contribution is 2.33. The maximum Gasteiger partial charge on any atom is 0.358 e. The smallest absolute Gasteiger partial charge is 0.358 e. The van der Waals surface area contributed by atoms with E-state index >= 15 is 0 Å². The zero-order valence-electron chi connectivity index (χ0n) is 16.1. The van der Waals surface area contributed by atoms with Gasteiger partial charge in [-0.3, -0.25) is 4.28 Å². The molecule has 0 saturated heterocycles. The minimum absolute atomic E-state index is 0.0287. The van der Waals surface area contributed by atoms with Crippen LogP contribution in [0, 0.1) is 18.3 Å². The Labute approximate surface area is 170 Å². The van der Waals surface area contributed by atoms with E-state index in [4.69, 9.17) is 9.02 Å². The highest BCUT2D eigenvalue weighted by Gasteiger charge is 2.25. The van der Waals surface area contributed by atoms with Crippen molar-refractivity contribution in [2.45, 2.75) is 24.2 Å². The number of rotatable bonds is 6. The third kappa shape index (κ3) is 4.73. The second kappa shape index (κ2) is 8.76. The monoisotopic (exact) mass is 408 g/mol. The van der Waals surface area contributed by atoms with Crippen molar-refractivity contribution in [1.82, 2.24) is 0 Å². The highest BCUT2D eigenvalue weighted by atomic mass is 32.2. The van der Waals surface area contributed by atoms with Gasteiger partial charge in [-0.1, -0.05) is 47.1 Å². The fourth-order valence-corrected chi connectivity index (χ4v) is 3.75. The summed E-state index contributed by atoms with van der Waals surface area (Å²) in [5.41, 5.74) is 3.00. The molecule has 6 nitrogen and oxygen atoms in total. The van der Waals surface area contributed by atoms with Crippen LogP contribution in [0.25, 0.3) is 0 Å². The molecular weight excluding hydrogens is 388 g/mol. The van der Waals surface area contributed by atoms with Gasteiger partial charge in [-0.05, 0) is 48.4 Å². The number of methoxy groups -OCH3 is 1. The SMILES string of the molecule is COc1ccc(C2C(CC#N)=CC=CC2=NOS(=O)(=O)c2ccc(C)cc2)cc1. The average Bonchev–Trinajstić information content (AvgIpc) is 2.73. The number of allylic oxidation sites excluding steroid dienone is 4. The summed E-state index contributed by atoms with van der Waals surface area (Å²) >= 11 is 0. The van der Waals surface area contributed by atoms with Gasteiger partial charge in [0.1, 0.15) is 10.6 Å². The first-order valence-corrected chi connectivity index (χ1v) is 10.3. The standard InChI is InChI=1S/C22H20N2O4S/c1-16-6-12-20(13-7-16)29(25,26)28-24-21-5-3-4-17(14-15-23)22(21)18-8-10-19(27-2)11-9-18/h3-13,22H,14H2,1-2H3. The van der Waals surface area contributed by atoms with Crippen molar-refractivity contribution >= 4 is 15.8 Å². The number of ether oxygens (including phenoxy) is 1. The molecule has 1 unspecified atom stereocenters. The van der Waals surface area contributed by atoms with Gasteiger partial charge in [0, 0.05) is 0 Å². The van der Waals surface area contributed by atoms with E-state index in [1.807, 2.05) is 25.1 Å². The Bertz CT molecular complexity index is 1110. The maximum atomic E-state index is 12.5. The zero-order valence-corrected chi connectivity index (χ0v) is 16.9. The molecule has 29 heavy (non-hydrogen) atoms. The van der Waals surface area contributed by atoms with Gasteiger partial charge in [0.25, 0.3) is 0 Å². The molecule has 1 aliphatic carbocycles. The van der Waals surface area contributed by atoms with E-state index in [-0.39, 0.29) is 11.3 Å². The third-order valence-electron chi connectivity index (χ3n) is 4.53. The van der Waals surface area contributed by atoms with Crippen LogP contribution in [-0.2, 0) is 14.4 Å². The maximum absolute atomic E-state index is 12.5. The van der Waals surface area contributed by atoms with Crippen LogP contribution in [0.2, 0.25) is 0 Å². The van der Waals surface area contributed by atoms with Crippen molar-refractivity contribution < 1.29 is 17.4 Å². The van der Waals surface area contributed by atoms with Crippen LogP contribution < -0.4 is 4.74 Å². The van der Waals surface area contributed by atoms with Crippen molar-refractivity contribution in [3.05, 3.63) is 83.5 Å². The zero-order chi connectivity index (χ0) is 20.9. The summed E-state index contributed by atoms with van der Waals surface area (Å²) in [6, 6.07) is 15.8. The molecule has 1 atom stereocenters. The van der Waals surface area contributed by atoms with Crippen LogP contribution in [0.1, 0.15) is 23.5 Å². The van der Waals surface area contributed by atoms with Crippen LogP contribution in [0.15, 0.2) is 82.4 Å². The quantitative estimate of drug-likeness (QED) is 0.667. The van der Waals surface area contributed by atoms with Crippen LogP contribution >= 0.6 is 0 Å². The molecule has 0 aromatic heterocycles. The molecule has 0 fully saturated rings. The van der Waals surface area contributed by atoms with Gasteiger partial charge in [-0.25, -0.2) is 0 Å². The molecule has 0 saturated carbocycles. The first kappa shape index (κ1) is 20.4. The lowest BCUT2D eigenvalue weighted by atomic mass is 9.82. The molecular formula is C22H20N2O4S. The van der Waals surface area contributed by atoms with Crippen molar-refractivity contribution in [1.29, 1.82) is 5.26 Å². The fraction of sp³-hybridized carbons (Fsp3) is 0.182. The number of aryl methyl sites for hydroxylation is 1. The minimum atomic E-state index is -4.05. The first-order valence-electron chi connectivity index (χ1n) is 8.91. The predicted octanol–water partition coefficient (Wildman–Crippen LogP) is 4.26. The molecule has 0 amide bonds. The second-order valence-corrected chi connectivity index (χ2v) is 8.03. The summed E-state index contributed by atoms with van der Waals surface area (Å²) in [5.74, 6) is 0.307. The minimum Gasteiger partial charge on any atom is -0.497 e. The molecule has 2 aromatic rings. The van der Waals surface area contributed by atoms with E-state index in [2.05, 4.69) is 11.2 Å². The summed E-state index contributed by atoms with van der Waals surface area (Å²) < 4.78 is 35.2. The molecule has 7 heteroatoms. The molecule has 2 aromatic carbocycles. The van der Waals surface area contributed by atoms with Crippen LogP contribution in [-0.4, -0.2) is 21.2 Å². The Morgan fingerprint density at radius 1 is 1.10 bits per heavy atom. The lowest BCUT2D eigenvalue weighted by Gasteiger charge is -2.22. The Morgan fingerprint density at radius 3 is 2.41 bits per heavy atom. The number of hydrogen-bond acceptors (Lipinski definition) is 6. The van der Waals surface area contributed by atoms with E-state index in [1.165, 1.54) is 12.1 Å². The number of nitriles is 1. The summed E-state index contributed by atoms with van der Waals surface area (Å²) in [6.07, 6.45) is 5.43. The molecule has 0 heterocycles. The van der Waals surface area contributed by atoms with Gasteiger partial charge in [-0.15, -0.1) is 0 Å². The van der Waals surface area contributed by atoms with Gasteiger partial charge in [-0.2, -0.15) is 13.7 Å². The van der Waals surface area contributed by atoms with E-state index in [0.29, 0.717) is 11.5 Å². The van der Waals surface area contributed by atoms with Crippen molar-refractivity contribution in [3.63, 3.8) is 0 Å². The van der Waals surface area contributed by atoms with E-state index in [9.17, 15) is 13.7 Å². The Hall–Kier alpha value is -3.37. The lowest BCUT2D eigenvalue weighted by molar-refractivity contribution is 0.337. The summed E-state index contributed by atoms with van der Waals surface area (Å²) in [6.45, 7) is 1.87. The molecule has 0 bridgehead atoms. The van der Waals surface area contributed by atoms with Crippen molar-refractivity contribution in [2.24, 2.45) is 5.16 Å². The van der Waals surface area contributed by atoms with Crippen LogP contribution in [0.4, 0.5) is 0 Å². The normalized spacial score (nSPS) is 17.5.